The van der Waals surface area contributed by atoms with Crippen molar-refractivity contribution in [1.29, 1.82) is 0 Å². The molecule has 0 spiro atoms. The molecule has 0 saturated carbocycles. The van der Waals surface area contributed by atoms with Crippen LogP contribution in [0, 0.1) is 6.92 Å². The number of urea groups is 1. The van der Waals surface area contributed by atoms with Gasteiger partial charge in [0, 0.05) is 30.4 Å². The Bertz CT molecular complexity index is 855. The molecular weight excluding hydrogens is 348 g/mol. The van der Waals surface area contributed by atoms with E-state index in [2.05, 4.69) is 15.6 Å². The van der Waals surface area contributed by atoms with Gasteiger partial charge >= 0.3 is 6.03 Å². The Morgan fingerprint density at radius 2 is 1.96 bits per heavy atom. The van der Waals surface area contributed by atoms with Crippen LogP contribution in [0.15, 0.2) is 36.4 Å². The number of aromatic nitrogens is 1. The molecule has 3 rings (SSSR count). The van der Waals surface area contributed by atoms with Gasteiger partial charge in [0.05, 0.1) is 20.3 Å². The van der Waals surface area contributed by atoms with Crippen LogP contribution >= 0.6 is 0 Å². The van der Waals surface area contributed by atoms with Crippen molar-refractivity contribution in [3.05, 3.63) is 42.1 Å². The van der Waals surface area contributed by atoms with Crippen LogP contribution in [0.5, 0.6) is 11.5 Å². The Morgan fingerprint density at radius 3 is 2.67 bits per heavy atom. The predicted molar refractivity (Wildman–Crippen MR) is 101 cm³/mol. The Morgan fingerprint density at radius 1 is 1.19 bits per heavy atom. The van der Waals surface area contributed by atoms with Gasteiger partial charge in [-0.3, -0.25) is 10.1 Å². The van der Waals surface area contributed by atoms with E-state index >= 15 is 0 Å². The van der Waals surface area contributed by atoms with Crippen LogP contribution in [0.3, 0.4) is 0 Å². The largest absolute Gasteiger partial charge is 0.493 e. The summed E-state index contributed by atoms with van der Waals surface area (Å²) in [4.78, 5) is 30.4. The number of pyridine rings is 1. The van der Waals surface area contributed by atoms with Crippen LogP contribution < -0.4 is 25.0 Å². The summed E-state index contributed by atoms with van der Waals surface area (Å²) < 4.78 is 10.5. The van der Waals surface area contributed by atoms with Gasteiger partial charge in [0.15, 0.2) is 11.5 Å². The molecule has 1 aromatic carbocycles. The molecule has 27 heavy (non-hydrogen) atoms. The first-order chi connectivity index (χ1) is 13.0. The van der Waals surface area contributed by atoms with Crippen molar-refractivity contribution >= 4 is 23.4 Å². The fourth-order valence-electron chi connectivity index (χ4n) is 3.00. The number of anilines is 2. The summed E-state index contributed by atoms with van der Waals surface area (Å²) in [6, 6.07) is 9.97. The number of ether oxygens (including phenoxy) is 2. The monoisotopic (exact) mass is 370 g/mol. The second-order valence-corrected chi connectivity index (χ2v) is 6.21. The molecule has 1 aliphatic rings. The van der Waals surface area contributed by atoms with Crippen molar-refractivity contribution in [2.24, 2.45) is 0 Å². The van der Waals surface area contributed by atoms with Crippen molar-refractivity contribution in [3.63, 3.8) is 0 Å². The normalized spacial score (nSPS) is 16.2. The Kier molecular flexibility index (Phi) is 5.44. The van der Waals surface area contributed by atoms with Crippen molar-refractivity contribution in [3.8, 4) is 11.5 Å². The van der Waals surface area contributed by atoms with E-state index < -0.39 is 0 Å². The minimum absolute atomic E-state index is 0.0683. The lowest BCUT2D eigenvalue weighted by molar-refractivity contribution is -0.117. The second kappa shape index (κ2) is 7.94. The van der Waals surface area contributed by atoms with Crippen LogP contribution in [0.25, 0.3) is 0 Å². The number of carbonyl (C=O) groups is 2. The molecule has 2 N–H and O–H groups in total. The zero-order valence-electron chi connectivity index (χ0n) is 15.5. The van der Waals surface area contributed by atoms with Crippen molar-refractivity contribution in [2.75, 3.05) is 31.0 Å². The van der Waals surface area contributed by atoms with Crippen molar-refractivity contribution in [2.45, 2.75) is 19.4 Å². The Balaban J connectivity index is 1.64. The summed E-state index contributed by atoms with van der Waals surface area (Å²) >= 11 is 0. The highest BCUT2D eigenvalue weighted by molar-refractivity contribution is 5.97. The Labute approximate surface area is 157 Å². The van der Waals surface area contributed by atoms with E-state index in [1.807, 2.05) is 19.1 Å². The first-order valence-corrected chi connectivity index (χ1v) is 8.53. The summed E-state index contributed by atoms with van der Waals surface area (Å²) in [7, 11) is 3.10. The number of hydrogen-bond acceptors (Lipinski definition) is 5. The lowest BCUT2D eigenvalue weighted by Gasteiger charge is -2.19. The van der Waals surface area contributed by atoms with Gasteiger partial charge in [-0.1, -0.05) is 6.07 Å². The number of methoxy groups -OCH3 is 2. The van der Waals surface area contributed by atoms with Gasteiger partial charge in [-0.15, -0.1) is 0 Å². The van der Waals surface area contributed by atoms with E-state index in [9.17, 15) is 9.59 Å². The second-order valence-electron chi connectivity index (χ2n) is 6.21. The molecular formula is C19H22N4O4. The minimum atomic E-state index is -0.389. The molecule has 2 aromatic rings. The summed E-state index contributed by atoms with van der Waals surface area (Å²) in [6.07, 6.45) is 0.225. The van der Waals surface area contributed by atoms with E-state index in [-0.39, 0.29) is 24.4 Å². The highest BCUT2D eigenvalue weighted by Gasteiger charge is 2.32. The molecule has 2 heterocycles. The molecule has 1 saturated heterocycles. The van der Waals surface area contributed by atoms with Crippen LogP contribution in [0.4, 0.5) is 16.3 Å². The van der Waals surface area contributed by atoms with Crippen LogP contribution in [0.2, 0.25) is 0 Å². The van der Waals surface area contributed by atoms with Gasteiger partial charge in [0.1, 0.15) is 5.82 Å². The van der Waals surface area contributed by atoms with Gasteiger partial charge in [0.25, 0.3) is 0 Å². The van der Waals surface area contributed by atoms with Crippen molar-refractivity contribution in [1.82, 2.24) is 10.3 Å². The van der Waals surface area contributed by atoms with Crippen molar-refractivity contribution < 1.29 is 19.1 Å². The molecule has 1 fully saturated rings. The Hall–Kier alpha value is -3.29. The van der Waals surface area contributed by atoms with E-state index in [4.69, 9.17) is 9.47 Å². The van der Waals surface area contributed by atoms with E-state index in [1.165, 1.54) is 0 Å². The number of nitrogens with one attached hydrogen (secondary N) is 2. The molecule has 3 amide bonds. The SMILES string of the molecule is COc1ccc(N2C[C@@H](NC(=O)Nc3cccc(C)n3)CC2=O)cc1OC. The molecule has 142 valence electrons. The lowest BCUT2D eigenvalue weighted by atomic mass is 10.2. The predicted octanol–water partition coefficient (Wildman–Crippen LogP) is 2.33. The fraction of sp³-hybridized carbons (Fsp3) is 0.316. The standard InChI is InChI=1S/C19H22N4O4/c1-12-5-4-6-17(20-12)22-19(25)21-13-9-18(24)23(11-13)14-7-8-15(26-2)16(10-14)27-3/h4-8,10,13H,9,11H2,1-3H3,(H2,20,21,22,25)/t13-/m0/s1. The average molecular weight is 370 g/mol. The topological polar surface area (TPSA) is 92.8 Å². The molecule has 1 aliphatic heterocycles. The maximum Gasteiger partial charge on any atom is 0.320 e. The molecule has 0 aliphatic carbocycles. The van der Waals surface area contributed by atoms with Gasteiger partial charge in [-0.05, 0) is 31.2 Å². The molecule has 0 radical (unpaired) electrons. The molecule has 0 bridgehead atoms. The van der Waals surface area contributed by atoms with Gasteiger partial charge in [-0.2, -0.15) is 0 Å². The third-order valence-corrected chi connectivity index (χ3v) is 4.27. The number of rotatable bonds is 5. The van der Waals surface area contributed by atoms with Gasteiger partial charge in [0.2, 0.25) is 5.91 Å². The minimum Gasteiger partial charge on any atom is -0.493 e. The van der Waals surface area contributed by atoms with Gasteiger partial charge in [-0.25, -0.2) is 9.78 Å². The van der Waals surface area contributed by atoms with E-state index in [0.717, 1.165) is 5.69 Å². The van der Waals surface area contributed by atoms with Crippen LogP contribution in [-0.4, -0.2) is 43.7 Å². The van der Waals surface area contributed by atoms with Crippen LogP contribution in [0.1, 0.15) is 12.1 Å². The van der Waals surface area contributed by atoms with E-state index in [0.29, 0.717) is 29.5 Å². The third-order valence-electron chi connectivity index (χ3n) is 4.27. The number of carbonyl (C=O) groups excluding carboxylic acids is 2. The molecule has 8 heteroatoms. The number of benzene rings is 1. The maximum absolute atomic E-state index is 12.4. The summed E-state index contributed by atoms with van der Waals surface area (Å²) in [5.41, 5.74) is 1.51. The average Bonchev–Trinajstić information content (AvgIpc) is 3.01. The van der Waals surface area contributed by atoms with Crippen LogP contribution in [-0.2, 0) is 4.79 Å². The first-order valence-electron chi connectivity index (χ1n) is 8.53. The summed E-state index contributed by atoms with van der Waals surface area (Å²) in [6.45, 7) is 2.22. The first kappa shape index (κ1) is 18.5. The number of aryl methyl sites for hydroxylation is 1. The number of nitrogens with zero attached hydrogens (tertiary/aromatic N) is 2. The lowest BCUT2D eigenvalue weighted by Crippen LogP contribution is -2.39. The summed E-state index contributed by atoms with van der Waals surface area (Å²) in [5, 5.41) is 5.50. The third kappa shape index (κ3) is 4.28. The van der Waals surface area contributed by atoms with E-state index in [1.54, 1.807) is 43.4 Å². The molecule has 0 unspecified atom stereocenters. The zero-order chi connectivity index (χ0) is 19.4. The summed E-state index contributed by atoms with van der Waals surface area (Å²) in [5.74, 6) is 1.53. The highest BCUT2D eigenvalue weighted by Crippen LogP contribution is 2.33. The molecule has 8 nitrogen and oxygen atoms in total. The quantitative estimate of drug-likeness (QED) is 0.843. The van der Waals surface area contributed by atoms with Gasteiger partial charge < -0.3 is 19.7 Å². The smallest absolute Gasteiger partial charge is 0.320 e. The fourth-order valence-corrected chi connectivity index (χ4v) is 3.00. The highest BCUT2D eigenvalue weighted by atomic mass is 16.5. The molecule has 1 atom stereocenters. The zero-order valence-corrected chi connectivity index (χ0v) is 15.5. The number of hydrogen-bond donors (Lipinski definition) is 2. The maximum atomic E-state index is 12.4. The number of amides is 3. The molecule has 1 aromatic heterocycles.